The number of amides is 13. The molecule has 35 nitrogen and oxygen atoms in total. The van der Waals surface area contributed by atoms with E-state index in [4.69, 9.17) is 30.8 Å². The number of ether oxygens (including phenoxy) is 5. The Labute approximate surface area is 528 Å². The summed E-state index contributed by atoms with van der Waals surface area (Å²) >= 11 is 1.92. The van der Waals surface area contributed by atoms with Gasteiger partial charge in [0, 0.05) is 131 Å². The predicted octanol–water partition coefficient (Wildman–Crippen LogP) is 0.439. The molecule has 522 valence electrons. The fraction of sp³-hybridized carbons (Fsp3) is 0.673. The van der Waals surface area contributed by atoms with Crippen LogP contribution in [0.4, 0.5) is 39.2 Å². The molecule has 0 saturated carbocycles. The van der Waals surface area contributed by atoms with E-state index < -0.39 is 12.1 Å². The average Bonchev–Trinajstić information content (AvgIpc) is 4.07. The number of guanidine groups is 1. The Hall–Kier alpha value is -8.22. The summed E-state index contributed by atoms with van der Waals surface area (Å²) in [6, 6.07) is 9.03. The highest BCUT2D eigenvalue weighted by Gasteiger charge is 2.04. The molecule has 0 aromatic heterocycles. The molecule has 0 bridgehead atoms. The summed E-state index contributed by atoms with van der Waals surface area (Å²) in [6.07, 6.45) is 3.02. The molecule has 0 atom stereocenters. The van der Waals surface area contributed by atoms with E-state index in [9.17, 15) is 43.2 Å². The fourth-order valence-electron chi connectivity index (χ4n) is 3.32. The Morgan fingerprint density at radius 3 is 1.32 bits per heavy atom. The number of hydrogen-bond acceptors (Lipinski definition) is 19. The number of nitrogens with one attached hydrogen (secondary N) is 12. The van der Waals surface area contributed by atoms with Crippen LogP contribution >= 0.6 is 11.8 Å². The second-order valence-corrected chi connectivity index (χ2v) is 15.9. The van der Waals surface area contributed by atoms with Crippen LogP contribution in [0.5, 0.6) is 0 Å². The molecule has 13 amide bonds. The van der Waals surface area contributed by atoms with Crippen molar-refractivity contribution in [2.24, 2.45) is 32.9 Å². The van der Waals surface area contributed by atoms with Crippen molar-refractivity contribution in [1.29, 1.82) is 0 Å². The number of rotatable bonds is 15. The lowest BCUT2D eigenvalue weighted by Gasteiger charge is -2.06. The quantitative estimate of drug-likeness (QED) is 0.0643. The molecule has 2 rings (SSSR count). The first-order valence-corrected chi connectivity index (χ1v) is 28.4. The molecule has 0 radical (unpaired) electrons. The smallest absolute Gasteiger partial charge is 0.406 e. The first-order valence-electron chi connectivity index (χ1n) is 27.0. The van der Waals surface area contributed by atoms with Gasteiger partial charge in [-0.25, -0.2) is 38.6 Å². The highest BCUT2D eigenvalue weighted by atomic mass is 32.2. The molecule has 1 aliphatic heterocycles. The highest BCUT2D eigenvalue weighted by molar-refractivity contribution is 7.98. The number of nitrogens with zero attached hydrogens (tertiary/aromatic N) is 4. The van der Waals surface area contributed by atoms with Gasteiger partial charge in [0.25, 0.3) is 6.02 Å². The average molecular weight is 1300 g/mol. The summed E-state index contributed by atoms with van der Waals surface area (Å²) in [5.74, 6) is 1.49. The first kappa shape index (κ1) is 105. The van der Waals surface area contributed by atoms with Crippen LogP contribution in [0.25, 0.3) is 0 Å². The molecule has 1 fully saturated rings. The van der Waals surface area contributed by atoms with Crippen LogP contribution in [0.1, 0.15) is 47.0 Å². The number of urea groups is 4. The van der Waals surface area contributed by atoms with E-state index in [2.05, 4.69) is 115 Å². The molecular formula is C52H118N20O15S. The van der Waals surface area contributed by atoms with Crippen molar-refractivity contribution >= 4 is 83.6 Å². The van der Waals surface area contributed by atoms with Crippen LogP contribution in [0.15, 0.2) is 40.3 Å². The van der Waals surface area contributed by atoms with Crippen molar-refractivity contribution in [3.8, 4) is 0 Å². The molecule has 1 aromatic rings. The van der Waals surface area contributed by atoms with Gasteiger partial charge < -0.3 is 125 Å². The monoisotopic (exact) mass is 1290 g/mol. The Bertz CT molecular complexity index is 1730. The lowest BCUT2D eigenvalue weighted by atomic mass is 10.3. The van der Waals surface area contributed by atoms with Gasteiger partial charge in [0.1, 0.15) is 6.61 Å². The largest absolute Gasteiger partial charge is 0.465 e. The van der Waals surface area contributed by atoms with Crippen molar-refractivity contribution < 1.29 is 71.9 Å². The minimum absolute atomic E-state index is 0.00463. The summed E-state index contributed by atoms with van der Waals surface area (Å²) in [6.45, 7) is 13.3. The summed E-state index contributed by atoms with van der Waals surface area (Å²) < 4.78 is 24.1. The third-order valence-electron chi connectivity index (χ3n) is 7.68. The maximum absolute atomic E-state index is 10.8. The van der Waals surface area contributed by atoms with Crippen LogP contribution in [0.2, 0.25) is 0 Å². The number of aliphatic imine (C=N–C) groups is 2. The number of carbonyl (C=O) groups excluding carboxylic acids is 8. The lowest BCUT2D eigenvalue weighted by molar-refractivity contribution is -0.121. The number of nitrogens with two attached hydrogens (primary N) is 4. The van der Waals surface area contributed by atoms with E-state index in [1.54, 1.807) is 77.3 Å². The summed E-state index contributed by atoms with van der Waals surface area (Å²) in [5.41, 5.74) is 19.5. The number of thioether (sulfide) groups is 1. The zero-order chi connectivity index (χ0) is 71.0. The highest BCUT2D eigenvalue weighted by Crippen LogP contribution is 2.03. The van der Waals surface area contributed by atoms with Crippen molar-refractivity contribution in [3.05, 3.63) is 30.3 Å². The van der Waals surface area contributed by atoms with Crippen LogP contribution in [0.3, 0.4) is 0 Å². The predicted molar refractivity (Wildman–Crippen MR) is 355 cm³/mol. The van der Waals surface area contributed by atoms with E-state index in [0.717, 1.165) is 31.9 Å². The number of carboxylic acid groups (broad SMARTS) is 1. The standard InChI is InChI=1S/C9H19NO3.C8H10N2O.C6H15NS.C4H8N2O.C4H10N2O.2C4H9NO2.C3H8N2O.C3H7NO.C2H7N3.C2H6N2O.C2H5NO2.CH5N/c1-3-12-7-8-13-6-4-5-9(11)10-2;1-9-8(11)10-7-5-3-2-4-6-7;1-7(2)5-4-6-8-3;1-5-4-6-2-3-7-4;1-5-4(7)6(2)3;2*1-3-7-4(6)5-2;1-4-3(6)5-2;1-3(5)4-2;1-5-2(3)4;1-4-2(3)5;1-3-2(4)5;1-2/h3-8H2,1-2H3,(H,10,11);2-6H,1H3,(H2,9,10,11);4-6H2,1-3H3;2-3H2,1H3,(H,5,6);1-3H3,(H,5,7);2*3H2,1-2H3,(H,5,6);1-2H3,(H2,4,5,6);1-2H3,(H,4,5);1H3,(H4,3,4,5);1H3,(H3,3,4,5);3H,1H3,(H,4,5);2H2,1H3. The Morgan fingerprint density at radius 1 is 0.648 bits per heavy atom. The minimum atomic E-state index is -0.995. The molecule has 21 N–H and O–H groups in total. The van der Waals surface area contributed by atoms with E-state index >= 15 is 0 Å². The molecule has 1 aromatic carbocycles. The number of para-hydroxylation sites is 1. The van der Waals surface area contributed by atoms with Gasteiger partial charge >= 0.3 is 42.4 Å². The number of primary amides is 1. The third kappa shape index (κ3) is 133. The molecule has 88 heavy (non-hydrogen) atoms. The van der Waals surface area contributed by atoms with E-state index in [-0.39, 0.29) is 48.1 Å². The summed E-state index contributed by atoms with van der Waals surface area (Å²) in [7, 11) is 27.8. The molecular weight excluding hydrogens is 1180 g/mol. The van der Waals surface area contributed by atoms with Gasteiger partial charge in [-0.05, 0) is 85.4 Å². The van der Waals surface area contributed by atoms with Crippen molar-refractivity contribution in [1.82, 2.24) is 68.3 Å². The number of amidine groups is 1. The zero-order valence-corrected chi connectivity index (χ0v) is 57.6. The SMILES string of the molecule is CCOC(=O)NC.CCOC(=O)NC.CCOCCOCCCC(=O)NC.CN.CN=C(N)N.CN=C1NCCO1.CNC(=O)N(C)C.CNC(=O)NC.CNC(=O)Nc1ccccc1.CNC(=O)O.CNC(C)=O.CNC(N)=O.CSCCCN(C)C. The van der Waals surface area contributed by atoms with Gasteiger partial charge in [-0.3, -0.25) is 14.6 Å². The Kier molecular flexibility index (Phi) is 110. The number of anilines is 1. The maximum atomic E-state index is 10.8. The van der Waals surface area contributed by atoms with E-state index in [1.165, 1.54) is 72.8 Å². The first-order chi connectivity index (χ1) is 41.5. The lowest BCUT2D eigenvalue weighted by Crippen LogP contribution is -2.31. The second-order valence-electron chi connectivity index (χ2n) is 15.0. The van der Waals surface area contributed by atoms with Crippen molar-refractivity contribution in [2.45, 2.75) is 47.0 Å². The van der Waals surface area contributed by atoms with E-state index in [0.29, 0.717) is 45.5 Å². The van der Waals surface area contributed by atoms with Crippen molar-refractivity contribution in [2.75, 3.05) is 196 Å². The van der Waals surface area contributed by atoms with Crippen LogP contribution < -0.4 is 86.7 Å². The number of benzene rings is 1. The number of alkyl carbamates (subject to hydrolysis) is 2. The Balaban J connectivity index is -0.0000000825. The van der Waals surface area contributed by atoms with Crippen molar-refractivity contribution in [3.63, 3.8) is 0 Å². The molecule has 36 heteroatoms. The number of hydrogen-bond donors (Lipinski definition) is 17. The number of carbonyl (C=O) groups is 9. The maximum Gasteiger partial charge on any atom is 0.406 e. The fourth-order valence-corrected chi connectivity index (χ4v) is 3.74. The molecule has 1 saturated heterocycles. The second kappa shape index (κ2) is 92.5. The van der Waals surface area contributed by atoms with Gasteiger partial charge in [0.2, 0.25) is 11.8 Å². The van der Waals surface area contributed by atoms with Gasteiger partial charge in [0.05, 0.1) is 33.0 Å². The molecule has 1 heterocycles. The molecule has 0 unspecified atom stereocenters. The topological polar surface area (TPSA) is 500 Å². The normalized spacial score (nSPS) is 9.39. The summed E-state index contributed by atoms with van der Waals surface area (Å²) in [5, 5.41) is 36.5. The van der Waals surface area contributed by atoms with Gasteiger partial charge in [-0.15, -0.1) is 0 Å². The minimum Gasteiger partial charge on any atom is -0.465 e. The molecule has 0 aliphatic carbocycles. The summed E-state index contributed by atoms with van der Waals surface area (Å²) in [4.78, 5) is 101. The third-order valence-corrected chi connectivity index (χ3v) is 8.38. The zero-order valence-electron chi connectivity index (χ0n) is 56.7. The van der Waals surface area contributed by atoms with Crippen LogP contribution in [-0.2, 0) is 33.3 Å². The molecule has 0 spiro atoms. The van der Waals surface area contributed by atoms with Gasteiger partial charge in [0.15, 0.2) is 5.96 Å². The van der Waals surface area contributed by atoms with E-state index in [1.807, 2.05) is 54.3 Å². The van der Waals surface area contributed by atoms with Gasteiger partial charge in [-0.2, -0.15) is 11.8 Å². The van der Waals surface area contributed by atoms with Crippen LogP contribution in [-0.4, -0.2) is 272 Å². The Morgan fingerprint density at radius 2 is 1.09 bits per heavy atom. The van der Waals surface area contributed by atoms with Gasteiger partial charge in [-0.1, -0.05) is 18.2 Å². The van der Waals surface area contributed by atoms with Crippen LogP contribution in [0, 0.1) is 0 Å². The molecule has 1 aliphatic rings.